The van der Waals surface area contributed by atoms with E-state index < -0.39 is 0 Å². The molecule has 2 aromatic heterocycles. The first kappa shape index (κ1) is 15.7. The molecule has 5 nitrogen and oxygen atoms in total. The zero-order chi connectivity index (χ0) is 15.2. The van der Waals surface area contributed by atoms with Gasteiger partial charge in [0.2, 0.25) is 5.91 Å². The lowest BCUT2D eigenvalue weighted by Gasteiger charge is -2.14. The lowest BCUT2D eigenvalue weighted by atomic mass is 10.2. The predicted octanol–water partition coefficient (Wildman–Crippen LogP) is 3.00. The number of aryl methyl sites for hydroxylation is 3. The molecule has 114 valence electrons. The molecule has 0 aliphatic carbocycles. The summed E-state index contributed by atoms with van der Waals surface area (Å²) in [6.45, 7) is 6.91. The van der Waals surface area contributed by atoms with Crippen LogP contribution in [0.25, 0.3) is 0 Å². The Morgan fingerprint density at radius 3 is 2.86 bits per heavy atom. The average Bonchev–Trinajstić information content (AvgIpc) is 3.07. The Morgan fingerprint density at radius 1 is 1.48 bits per heavy atom. The molecule has 1 N–H and O–H groups in total. The van der Waals surface area contributed by atoms with Gasteiger partial charge in [0.25, 0.3) is 0 Å². The van der Waals surface area contributed by atoms with E-state index in [2.05, 4.69) is 29.2 Å². The lowest BCUT2D eigenvalue weighted by Crippen LogP contribution is -2.28. The molecule has 6 heteroatoms. The molecule has 0 aliphatic rings. The summed E-state index contributed by atoms with van der Waals surface area (Å²) in [5, 5.41) is 8.22. The van der Waals surface area contributed by atoms with E-state index in [-0.39, 0.29) is 11.9 Å². The van der Waals surface area contributed by atoms with Crippen molar-refractivity contribution in [3.63, 3.8) is 0 Å². The van der Waals surface area contributed by atoms with Gasteiger partial charge in [-0.1, -0.05) is 6.92 Å². The first-order valence-corrected chi connectivity index (χ1v) is 8.12. The Morgan fingerprint density at radius 2 is 2.29 bits per heavy atom. The number of aromatic nitrogens is 3. The zero-order valence-corrected chi connectivity index (χ0v) is 13.6. The number of amides is 1. The molecule has 0 aliphatic heterocycles. The van der Waals surface area contributed by atoms with E-state index in [1.165, 1.54) is 4.88 Å². The third-order valence-electron chi connectivity index (χ3n) is 3.44. The van der Waals surface area contributed by atoms with Gasteiger partial charge in [0, 0.05) is 30.2 Å². The molecular formula is C15H22N4OS. The van der Waals surface area contributed by atoms with Crippen molar-refractivity contribution in [2.45, 2.75) is 52.6 Å². The molecule has 0 bridgehead atoms. The van der Waals surface area contributed by atoms with Crippen molar-refractivity contribution in [3.8, 4) is 0 Å². The number of hydrogen-bond acceptors (Lipinski definition) is 4. The summed E-state index contributed by atoms with van der Waals surface area (Å²) in [7, 11) is 0. The zero-order valence-electron chi connectivity index (χ0n) is 12.8. The van der Waals surface area contributed by atoms with E-state index in [4.69, 9.17) is 0 Å². The largest absolute Gasteiger partial charge is 0.347 e. The standard InChI is InChI=1S/C15H22N4OS/c1-4-13(15-17-11(2)12(3)21-15)18-14(20)7-5-9-19-10-6-8-16-19/h6,8,10,13H,4-5,7,9H2,1-3H3,(H,18,20). The van der Waals surface area contributed by atoms with Crippen LogP contribution in [0.2, 0.25) is 0 Å². The van der Waals surface area contributed by atoms with Crippen molar-refractivity contribution in [2.75, 3.05) is 0 Å². The molecule has 0 spiro atoms. The Bertz CT molecular complexity index is 557. The fourth-order valence-electron chi connectivity index (χ4n) is 2.09. The molecule has 1 amide bonds. The van der Waals surface area contributed by atoms with E-state index in [1.54, 1.807) is 17.5 Å². The third-order valence-corrected chi connectivity index (χ3v) is 4.62. The predicted molar refractivity (Wildman–Crippen MR) is 84.2 cm³/mol. The topological polar surface area (TPSA) is 59.8 Å². The smallest absolute Gasteiger partial charge is 0.220 e. The van der Waals surface area contributed by atoms with Crippen molar-refractivity contribution >= 4 is 17.2 Å². The van der Waals surface area contributed by atoms with Crippen molar-refractivity contribution < 1.29 is 4.79 Å². The lowest BCUT2D eigenvalue weighted by molar-refractivity contribution is -0.122. The molecule has 1 atom stereocenters. The second-order valence-corrected chi connectivity index (χ2v) is 6.33. The van der Waals surface area contributed by atoms with Crippen molar-refractivity contribution in [1.29, 1.82) is 0 Å². The molecule has 2 heterocycles. The van der Waals surface area contributed by atoms with E-state index in [0.29, 0.717) is 6.42 Å². The van der Waals surface area contributed by atoms with Gasteiger partial charge in [-0.05, 0) is 32.8 Å². The number of carbonyl (C=O) groups is 1. The van der Waals surface area contributed by atoms with E-state index in [1.807, 2.05) is 23.9 Å². The van der Waals surface area contributed by atoms with Gasteiger partial charge >= 0.3 is 0 Å². The van der Waals surface area contributed by atoms with Crippen LogP contribution in [0.1, 0.15) is 47.8 Å². The van der Waals surface area contributed by atoms with Gasteiger partial charge in [0.15, 0.2) is 0 Å². The second kappa shape index (κ2) is 7.36. The highest BCUT2D eigenvalue weighted by molar-refractivity contribution is 7.11. The van der Waals surface area contributed by atoms with Crippen molar-refractivity contribution in [2.24, 2.45) is 0 Å². The summed E-state index contributed by atoms with van der Waals surface area (Å²) in [6.07, 6.45) is 5.82. The maximum absolute atomic E-state index is 12.0. The first-order valence-electron chi connectivity index (χ1n) is 7.31. The van der Waals surface area contributed by atoms with Gasteiger partial charge in [0.05, 0.1) is 11.7 Å². The highest BCUT2D eigenvalue weighted by atomic mass is 32.1. The van der Waals surface area contributed by atoms with E-state index >= 15 is 0 Å². The van der Waals surface area contributed by atoms with Crippen molar-refractivity contribution in [1.82, 2.24) is 20.1 Å². The minimum Gasteiger partial charge on any atom is -0.347 e. The monoisotopic (exact) mass is 306 g/mol. The number of thiazole rings is 1. The summed E-state index contributed by atoms with van der Waals surface area (Å²) < 4.78 is 1.85. The van der Waals surface area contributed by atoms with Crippen LogP contribution in [0.4, 0.5) is 0 Å². The minimum atomic E-state index is 0.0274. The first-order chi connectivity index (χ1) is 10.1. The molecule has 0 saturated heterocycles. The number of nitrogens with zero attached hydrogens (tertiary/aromatic N) is 3. The minimum absolute atomic E-state index is 0.0274. The molecule has 0 radical (unpaired) electrons. The van der Waals surface area contributed by atoms with Crippen LogP contribution in [0, 0.1) is 13.8 Å². The molecule has 2 rings (SSSR count). The number of nitrogens with one attached hydrogen (secondary N) is 1. The van der Waals surface area contributed by atoms with Crippen LogP contribution in [0.3, 0.4) is 0 Å². The van der Waals surface area contributed by atoms with Crippen LogP contribution in [0.5, 0.6) is 0 Å². The number of rotatable bonds is 7. The molecule has 0 aromatic carbocycles. The highest BCUT2D eigenvalue weighted by Gasteiger charge is 2.17. The SMILES string of the molecule is CCC(NC(=O)CCCn1cccn1)c1nc(C)c(C)s1. The second-order valence-electron chi connectivity index (χ2n) is 5.09. The Labute approximate surface area is 129 Å². The average molecular weight is 306 g/mol. The van der Waals surface area contributed by atoms with Crippen LogP contribution in [-0.4, -0.2) is 20.7 Å². The van der Waals surface area contributed by atoms with Gasteiger partial charge in [-0.25, -0.2) is 4.98 Å². The highest BCUT2D eigenvalue weighted by Crippen LogP contribution is 2.24. The Balaban J connectivity index is 1.82. The number of carbonyl (C=O) groups excluding carboxylic acids is 1. The molecule has 0 saturated carbocycles. The van der Waals surface area contributed by atoms with Crippen LogP contribution in [0.15, 0.2) is 18.5 Å². The fourth-order valence-corrected chi connectivity index (χ4v) is 3.14. The van der Waals surface area contributed by atoms with Crippen molar-refractivity contribution in [3.05, 3.63) is 34.0 Å². The van der Waals surface area contributed by atoms with Gasteiger partial charge in [-0.2, -0.15) is 5.10 Å². The van der Waals surface area contributed by atoms with Gasteiger partial charge in [-0.15, -0.1) is 11.3 Å². The van der Waals surface area contributed by atoms with Gasteiger partial charge < -0.3 is 5.32 Å². The summed E-state index contributed by atoms with van der Waals surface area (Å²) in [5.41, 5.74) is 1.06. The molecular weight excluding hydrogens is 284 g/mol. The summed E-state index contributed by atoms with van der Waals surface area (Å²) in [5.74, 6) is 0.0829. The number of hydrogen-bond donors (Lipinski definition) is 1. The van der Waals surface area contributed by atoms with Crippen LogP contribution >= 0.6 is 11.3 Å². The summed E-state index contributed by atoms with van der Waals surface area (Å²) >= 11 is 1.67. The van der Waals surface area contributed by atoms with Crippen LogP contribution < -0.4 is 5.32 Å². The third kappa shape index (κ3) is 4.39. The van der Waals surface area contributed by atoms with Gasteiger partial charge in [-0.3, -0.25) is 9.48 Å². The maximum atomic E-state index is 12.0. The molecule has 1 unspecified atom stereocenters. The summed E-state index contributed by atoms with van der Waals surface area (Å²) in [6, 6.07) is 1.92. The normalized spacial score (nSPS) is 12.3. The maximum Gasteiger partial charge on any atom is 0.220 e. The molecule has 2 aromatic rings. The van der Waals surface area contributed by atoms with E-state index in [9.17, 15) is 4.79 Å². The Kier molecular flexibility index (Phi) is 5.50. The van der Waals surface area contributed by atoms with Crippen LogP contribution in [-0.2, 0) is 11.3 Å². The fraction of sp³-hybridized carbons (Fsp3) is 0.533. The Hall–Kier alpha value is -1.69. The van der Waals surface area contributed by atoms with Gasteiger partial charge in [0.1, 0.15) is 5.01 Å². The molecule has 21 heavy (non-hydrogen) atoms. The summed E-state index contributed by atoms with van der Waals surface area (Å²) in [4.78, 5) is 17.8. The van der Waals surface area contributed by atoms with E-state index in [0.717, 1.165) is 30.1 Å². The quantitative estimate of drug-likeness (QED) is 0.855. The molecule has 0 fully saturated rings.